The van der Waals surface area contributed by atoms with Crippen LogP contribution in [0, 0.1) is 0 Å². The Morgan fingerprint density at radius 1 is 0.405 bits per heavy atom. The van der Waals surface area contributed by atoms with Crippen LogP contribution in [0.15, 0.2) is 121 Å². The molecule has 7 aromatic carbocycles. The number of hydrogen-bond donors (Lipinski definition) is 0. The topological polar surface area (TPSA) is 0 Å². The van der Waals surface area contributed by atoms with E-state index in [4.69, 9.17) is 0 Å². The molecule has 0 radical (unpaired) electrons. The first-order chi connectivity index (χ1) is 18.1. The van der Waals surface area contributed by atoms with Crippen LogP contribution in [0.3, 0.4) is 0 Å². The van der Waals surface area contributed by atoms with Crippen molar-refractivity contribution in [2.45, 2.75) is 19.3 Å². The summed E-state index contributed by atoms with van der Waals surface area (Å²) in [6.07, 6.45) is 0. The smallest absolute Gasteiger partial charge is 0.0159 e. The van der Waals surface area contributed by atoms with Crippen molar-refractivity contribution >= 4 is 43.1 Å². The van der Waals surface area contributed by atoms with Crippen molar-refractivity contribution < 1.29 is 0 Å². The zero-order chi connectivity index (χ0) is 24.7. The van der Waals surface area contributed by atoms with Gasteiger partial charge in [0.15, 0.2) is 0 Å². The van der Waals surface area contributed by atoms with E-state index in [2.05, 4.69) is 135 Å². The summed E-state index contributed by atoms with van der Waals surface area (Å²) in [6.45, 7) is 4.73. The molecule has 7 aromatic rings. The molecule has 0 atom stereocenters. The summed E-state index contributed by atoms with van der Waals surface area (Å²) in [5.74, 6) is 0. The molecule has 1 aliphatic rings. The number of benzene rings is 7. The molecule has 0 nitrogen and oxygen atoms in total. The monoisotopic (exact) mass is 470 g/mol. The van der Waals surface area contributed by atoms with Crippen molar-refractivity contribution in [2.24, 2.45) is 0 Å². The molecule has 0 spiro atoms. The van der Waals surface area contributed by atoms with E-state index in [-0.39, 0.29) is 5.41 Å². The average Bonchev–Trinajstić information content (AvgIpc) is 2.94. The van der Waals surface area contributed by atoms with Gasteiger partial charge in [-0.05, 0) is 94.7 Å². The first-order valence-electron chi connectivity index (χ1n) is 13.1. The van der Waals surface area contributed by atoms with E-state index in [1.807, 2.05) is 0 Å². The lowest BCUT2D eigenvalue weighted by atomic mass is 9.68. The minimum atomic E-state index is -0.0393. The SMILES string of the molecule is CC1(C)c2ccccc2-c2cccc3c(-c4ccc5ccc6cc7ccccc7cc6c5c4)ccc1c23. The van der Waals surface area contributed by atoms with Gasteiger partial charge in [0.1, 0.15) is 0 Å². The van der Waals surface area contributed by atoms with E-state index >= 15 is 0 Å². The molecule has 0 saturated carbocycles. The number of rotatable bonds is 1. The van der Waals surface area contributed by atoms with E-state index in [0.717, 1.165) is 0 Å². The molecular weight excluding hydrogens is 444 g/mol. The van der Waals surface area contributed by atoms with Crippen LogP contribution < -0.4 is 0 Å². The fraction of sp³-hybridized carbons (Fsp3) is 0.0811. The highest BCUT2D eigenvalue weighted by Crippen LogP contribution is 2.50. The van der Waals surface area contributed by atoms with Crippen LogP contribution in [0.25, 0.3) is 65.3 Å². The van der Waals surface area contributed by atoms with Crippen molar-refractivity contribution in [1.29, 1.82) is 0 Å². The summed E-state index contributed by atoms with van der Waals surface area (Å²) in [4.78, 5) is 0. The molecule has 8 rings (SSSR count). The lowest BCUT2D eigenvalue weighted by molar-refractivity contribution is 0.645. The molecule has 0 aromatic heterocycles. The third-order valence-corrected chi connectivity index (χ3v) is 8.62. The maximum Gasteiger partial charge on any atom is 0.0159 e. The van der Waals surface area contributed by atoms with Crippen LogP contribution in [0.1, 0.15) is 25.0 Å². The fourth-order valence-corrected chi connectivity index (χ4v) is 6.72. The third kappa shape index (κ3) is 2.84. The minimum absolute atomic E-state index is 0.0393. The van der Waals surface area contributed by atoms with Gasteiger partial charge in [0, 0.05) is 5.41 Å². The van der Waals surface area contributed by atoms with Crippen LogP contribution in [0.2, 0.25) is 0 Å². The molecular formula is C37H26. The highest BCUT2D eigenvalue weighted by Gasteiger charge is 2.33. The fourth-order valence-electron chi connectivity index (χ4n) is 6.72. The predicted molar refractivity (Wildman–Crippen MR) is 159 cm³/mol. The van der Waals surface area contributed by atoms with Crippen LogP contribution in [-0.2, 0) is 5.41 Å². The van der Waals surface area contributed by atoms with Crippen molar-refractivity contribution in [1.82, 2.24) is 0 Å². The Balaban J connectivity index is 1.42. The molecule has 0 heterocycles. The lowest BCUT2D eigenvalue weighted by Crippen LogP contribution is -2.23. The molecule has 0 aliphatic heterocycles. The quantitative estimate of drug-likeness (QED) is 0.165. The minimum Gasteiger partial charge on any atom is -0.0619 e. The zero-order valence-corrected chi connectivity index (χ0v) is 21.0. The Kier molecular flexibility index (Phi) is 4.10. The summed E-state index contributed by atoms with van der Waals surface area (Å²) >= 11 is 0. The molecule has 0 bridgehead atoms. The third-order valence-electron chi connectivity index (χ3n) is 8.62. The van der Waals surface area contributed by atoms with E-state index in [1.165, 1.54) is 76.5 Å². The van der Waals surface area contributed by atoms with Crippen molar-refractivity contribution in [3.63, 3.8) is 0 Å². The maximum absolute atomic E-state index is 2.40. The Labute approximate surface area is 216 Å². The molecule has 0 heteroatoms. The molecule has 37 heavy (non-hydrogen) atoms. The Morgan fingerprint density at radius 3 is 2.00 bits per heavy atom. The van der Waals surface area contributed by atoms with Crippen LogP contribution in [0.4, 0.5) is 0 Å². The number of hydrogen-bond acceptors (Lipinski definition) is 0. The first-order valence-corrected chi connectivity index (χ1v) is 13.1. The van der Waals surface area contributed by atoms with Crippen LogP contribution >= 0.6 is 0 Å². The summed E-state index contributed by atoms with van der Waals surface area (Å²) < 4.78 is 0. The predicted octanol–water partition coefficient (Wildman–Crippen LogP) is 10.3. The first kappa shape index (κ1) is 20.7. The summed E-state index contributed by atoms with van der Waals surface area (Å²) in [5.41, 5.74) is 8.07. The average molecular weight is 471 g/mol. The van der Waals surface area contributed by atoms with Gasteiger partial charge in [0.05, 0.1) is 0 Å². The van der Waals surface area contributed by atoms with E-state index in [1.54, 1.807) is 0 Å². The number of fused-ring (bicyclic) bond motifs is 6. The van der Waals surface area contributed by atoms with Crippen molar-refractivity contribution in [3.8, 4) is 22.3 Å². The van der Waals surface area contributed by atoms with Crippen molar-refractivity contribution in [3.05, 3.63) is 132 Å². The van der Waals surface area contributed by atoms with Gasteiger partial charge in [-0.3, -0.25) is 0 Å². The van der Waals surface area contributed by atoms with Gasteiger partial charge in [-0.2, -0.15) is 0 Å². The second-order valence-corrected chi connectivity index (χ2v) is 11.0. The Hall–Kier alpha value is -4.42. The van der Waals surface area contributed by atoms with Gasteiger partial charge in [-0.25, -0.2) is 0 Å². The van der Waals surface area contributed by atoms with Gasteiger partial charge in [-0.15, -0.1) is 0 Å². The zero-order valence-electron chi connectivity index (χ0n) is 21.0. The van der Waals surface area contributed by atoms with Gasteiger partial charge in [-0.1, -0.05) is 117 Å². The Bertz CT molecular complexity index is 2060. The van der Waals surface area contributed by atoms with Crippen LogP contribution in [-0.4, -0.2) is 0 Å². The molecule has 0 amide bonds. The maximum atomic E-state index is 2.40. The normalized spacial score (nSPS) is 13.9. The van der Waals surface area contributed by atoms with Gasteiger partial charge < -0.3 is 0 Å². The van der Waals surface area contributed by atoms with Crippen LogP contribution in [0.5, 0.6) is 0 Å². The van der Waals surface area contributed by atoms with Crippen molar-refractivity contribution in [2.75, 3.05) is 0 Å². The standard InChI is InChI=1S/C37H26/c1-37(2)34-13-6-5-10-29(34)31-12-7-11-30-28(18-19-35(37)36(30)31)27-17-15-23-14-16-26-20-24-8-3-4-9-25(24)21-33(26)32(23)22-27/h3-22H,1-2H3. The van der Waals surface area contributed by atoms with E-state index < -0.39 is 0 Å². The van der Waals surface area contributed by atoms with E-state index in [0.29, 0.717) is 0 Å². The van der Waals surface area contributed by atoms with Gasteiger partial charge >= 0.3 is 0 Å². The second kappa shape index (κ2) is 7.31. The summed E-state index contributed by atoms with van der Waals surface area (Å²) in [6, 6.07) is 45.3. The largest absolute Gasteiger partial charge is 0.0619 e. The highest BCUT2D eigenvalue weighted by molar-refractivity contribution is 6.14. The molecule has 0 fully saturated rings. The molecule has 0 unspecified atom stereocenters. The second-order valence-electron chi connectivity index (χ2n) is 11.0. The van der Waals surface area contributed by atoms with E-state index in [9.17, 15) is 0 Å². The summed E-state index contributed by atoms with van der Waals surface area (Å²) in [5, 5.41) is 10.5. The Morgan fingerprint density at radius 2 is 1.11 bits per heavy atom. The highest BCUT2D eigenvalue weighted by atomic mass is 14.4. The molecule has 1 aliphatic carbocycles. The van der Waals surface area contributed by atoms with Gasteiger partial charge in [0.2, 0.25) is 0 Å². The lowest BCUT2D eigenvalue weighted by Gasteiger charge is -2.35. The molecule has 0 saturated heterocycles. The molecule has 0 N–H and O–H groups in total. The van der Waals surface area contributed by atoms with Gasteiger partial charge in [0.25, 0.3) is 0 Å². The summed E-state index contributed by atoms with van der Waals surface area (Å²) in [7, 11) is 0. The molecule has 174 valence electrons.